The number of fused-ring (bicyclic) bond motifs is 3. The molecule has 7 unspecified atom stereocenters. The van der Waals surface area contributed by atoms with E-state index in [4.69, 9.17) is 9.47 Å². The van der Waals surface area contributed by atoms with Crippen LogP contribution in [0.5, 0.6) is 0 Å². The van der Waals surface area contributed by atoms with Crippen molar-refractivity contribution in [2.75, 3.05) is 14.2 Å². The molecule has 144 valence electrons. The molecule has 0 amide bonds. The molecule has 2 bridgehead atoms. The summed E-state index contributed by atoms with van der Waals surface area (Å²) >= 11 is 0. The first kappa shape index (κ1) is 18.0. The molecule has 1 spiro atoms. The minimum atomic E-state index is -0.701. The van der Waals surface area contributed by atoms with Crippen molar-refractivity contribution in [3.8, 4) is 0 Å². The highest BCUT2D eigenvalue weighted by Crippen LogP contribution is 2.76. The second-order valence-electron chi connectivity index (χ2n) is 9.65. The van der Waals surface area contributed by atoms with Gasteiger partial charge in [-0.15, -0.1) is 0 Å². The van der Waals surface area contributed by atoms with E-state index >= 15 is 0 Å². The summed E-state index contributed by atoms with van der Waals surface area (Å²) in [4.78, 5) is 38.6. The number of ether oxygens (including phenoxy) is 2. The maximum Gasteiger partial charge on any atom is 0.311 e. The van der Waals surface area contributed by atoms with Gasteiger partial charge < -0.3 is 9.47 Å². The molecule has 4 rings (SSSR count). The van der Waals surface area contributed by atoms with Gasteiger partial charge in [-0.05, 0) is 61.7 Å². The fraction of sp³-hybridized carbons (Fsp3) is 0.857. The molecule has 0 radical (unpaired) electrons. The summed E-state index contributed by atoms with van der Waals surface area (Å²) in [7, 11) is 2.86. The number of methoxy groups -OCH3 is 2. The van der Waals surface area contributed by atoms with Crippen LogP contribution in [0.15, 0.2) is 0 Å². The van der Waals surface area contributed by atoms with E-state index in [-0.39, 0.29) is 40.5 Å². The number of Topliss-reactive ketones (excluding diaryl/α,β-unsaturated/α-hetero) is 1. The van der Waals surface area contributed by atoms with Crippen LogP contribution in [0.1, 0.15) is 58.8 Å². The Hall–Kier alpha value is -1.39. The standard InChI is InChI=1S/C21H30O5/c1-19-8-5-9-20(2,18(24)26-4)16(19)15(17(23)25-3)21-10-12(13(22)11-21)6-7-14(19)21/h12,14-16H,5-11H2,1-4H3. The number of carbonyl (C=O) groups excluding carboxylic acids is 3. The minimum Gasteiger partial charge on any atom is -0.469 e. The van der Waals surface area contributed by atoms with Crippen molar-refractivity contribution in [1.82, 2.24) is 0 Å². The molecule has 0 aromatic carbocycles. The van der Waals surface area contributed by atoms with Crippen LogP contribution >= 0.6 is 0 Å². The summed E-state index contributed by atoms with van der Waals surface area (Å²) in [5, 5.41) is 0. The molecule has 4 fully saturated rings. The normalized spacial score (nSPS) is 49.3. The van der Waals surface area contributed by atoms with E-state index in [0.717, 1.165) is 38.5 Å². The zero-order chi connectivity index (χ0) is 18.9. The van der Waals surface area contributed by atoms with Gasteiger partial charge in [0.1, 0.15) is 5.78 Å². The second kappa shape index (κ2) is 5.56. The van der Waals surface area contributed by atoms with Crippen LogP contribution in [0.4, 0.5) is 0 Å². The van der Waals surface area contributed by atoms with Gasteiger partial charge in [0.15, 0.2) is 0 Å². The number of carbonyl (C=O) groups is 3. The number of hydrogen-bond acceptors (Lipinski definition) is 5. The number of rotatable bonds is 2. The monoisotopic (exact) mass is 362 g/mol. The second-order valence-corrected chi connectivity index (χ2v) is 9.65. The first-order valence-corrected chi connectivity index (χ1v) is 9.93. The fourth-order valence-electron chi connectivity index (χ4n) is 8.04. The maximum absolute atomic E-state index is 13.1. The summed E-state index contributed by atoms with van der Waals surface area (Å²) in [5.41, 5.74) is -1.16. The molecule has 5 nitrogen and oxygen atoms in total. The molecule has 7 atom stereocenters. The Kier molecular flexibility index (Phi) is 3.85. The molecule has 4 saturated carbocycles. The highest BCUT2D eigenvalue weighted by atomic mass is 16.5. The van der Waals surface area contributed by atoms with E-state index in [9.17, 15) is 14.4 Å². The van der Waals surface area contributed by atoms with Crippen LogP contribution < -0.4 is 0 Å². The zero-order valence-electron chi connectivity index (χ0n) is 16.3. The van der Waals surface area contributed by atoms with Crippen LogP contribution in [0.2, 0.25) is 0 Å². The van der Waals surface area contributed by atoms with E-state index in [0.29, 0.717) is 18.1 Å². The number of ketones is 1. The molecule has 0 heterocycles. The van der Waals surface area contributed by atoms with E-state index < -0.39 is 5.41 Å². The first-order valence-electron chi connectivity index (χ1n) is 9.93. The number of hydrogen-bond donors (Lipinski definition) is 0. The van der Waals surface area contributed by atoms with Crippen LogP contribution in [0.3, 0.4) is 0 Å². The highest BCUT2D eigenvalue weighted by molar-refractivity contribution is 5.88. The molecule has 4 aliphatic rings. The minimum absolute atomic E-state index is 0.0894. The van der Waals surface area contributed by atoms with Crippen LogP contribution in [-0.2, 0) is 23.9 Å². The quantitative estimate of drug-likeness (QED) is 0.706. The van der Waals surface area contributed by atoms with E-state index in [1.807, 2.05) is 6.92 Å². The lowest BCUT2D eigenvalue weighted by Gasteiger charge is -2.50. The summed E-state index contributed by atoms with van der Waals surface area (Å²) in [6, 6.07) is 0. The molecule has 0 aromatic heterocycles. The molecule has 0 saturated heterocycles. The predicted octanol–water partition coefficient (Wildman–Crippen LogP) is 3.15. The SMILES string of the molecule is COC(=O)C1C2C(C)(C(=O)OC)CCCC2(C)C2CCC3CC12CC3=O. The average Bonchev–Trinajstić information content (AvgIpc) is 3.00. The van der Waals surface area contributed by atoms with Gasteiger partial charge in [-0.1, -0.05) is 13.3 Å². The largest absolute Gasteiger partial charge is 0.469 e. The van der Waals surface area contributed by atoms with Gasteiger partial charge in [-0.25, -0.2) is 0 Å². The van der Waals surface area contributed by atoms with Gasteiger partial charge >= 0.3 is 11.9 Å². The third-order valence-corrected chi connectivity index (χ3v) is 8.75. The third-order valence-electron chi connectivity index (χ3n) is 8.75. The molecular weight excluding hydrogens is 332 g/mol. The lowest BCUT2D eigenvalue weighted by molar-refractivity contribution is -0.170. The van der Waals surface area contributed by atoms with Crippen LogP contribution in [0.25, 0.3) is 0 Å². The lowest BCUT2D eigenvalue weighted by atomic mass is 9.53. The fourth-order valence-corrected chi connectivity index (χ4v) is 8.04. The zero-order valence-corrected chi connectivity index (χ0v) is 16.3. The van der Waals surface area contributed by atoms with Crippen LogP contribution in [0, 0.1) is 39.9 Å². The Morgan fingerprint density at radius 1 is 1.08 bits per heavy atom. The van der Waals surface area contributed by atoms with Gasteiger partial charge in [0.25, 0.3) is 0 Å². The van der Waals surface area contributed by atoms with Crippen molar-refractivity contribution in [2.45, 2.75) is 58.8 Å². The Labute approximate surface area is 155 Å². The van der Waals surface area contributed by atoms with Gasteiger partial charge in [-0.3, -0.25) is 14.4 Å². The Morgan fingerprint density at radius 3 is 2.46 bits per heavy atom. The third kappa shape index (κ3) is 1.95. The molecule has 5 heteroatoms. The van der Waals surface area contributed by atoms with Gasteiger partial charge in [0.2, 0.25) is 0 Å². The number of esters is 2. The Morgan fingerprint density at radius 2 is 1.81 bits per heavy atom. The van der Waals surface area contributed by atoms with Gasteiger partial charge in [0, 0.05) is 12.3 Å². The summed E-state index contributed by atoms with van der Waals surface area (Å²) in [5.74, 6) is -0.278. The molecule has 4 aliphatic carbocycles. The highest BCUT2D eigenvalue weighted by Gasteiger charge is 2.76. The molecule has 26 heavy (non-hydrogen) atoms. The van der Waals surface area contributed by atoms with Crippen molar-refractivity contribution in [3.63, 3.8) is 0 Å². The Bertz CT molecular complexity index is 671. The predicted molar refractivity (Wildman–Crippen MR) is 94.0 cm³/mol. The van der Waals surface area contributed by atoms with Crippen molar-refractivity contribution in [2.24, 2.45) is 39.9 Å². The van der Waals surface area contributed by atoms with Crippen LogP contribution in [-0.4, -0.2) is 31.9 Å². The van der Waals surface area contributed by atoms with Crippen molar-refractivity contribution in [3.05, 3.63) is 0 Å². The van der Waals surface area contributed by atoms with Crippen molar-refractivity contribution >= 4 is 17.7 Å². The molecule has 0 aliphatic heterocycles. The van der Waals surface area contributed by atoms with Gasteiger partial charge in [0.05, 0.1) is 25.6 Å². The maximum atomic E-state index is 13.1. The summed E-state index contributed by atoms with van der Waals surface area (Å²) in [6.07, 6.45) is 5.86. The average molecular weight is 362 g/mol. The lowest BCUT2D eigenvalue weighted by Crippen LogP contribution is -2.51. The van der Waals surface area contributed by atoms with E-state index in [2.05, 4.69) is 6.92 Å². The molecule has 0 N–H and O–H groups in total. The topological polar surface area (TPSA) is 69.7 Å². The first-order chi connectivity index (χ1) is 12.2. The summed E-state index contributed by atoms with van der Waals surface area (Å²) < 4.78 is 10.5. The van der Waals surface area contributed by atoms with Crippen molar-refractivity contribution in [1.29, 1.82) is 0 Å². The van der Waals surface area contributed by atoms with Crippen molar-refractivity contribution < 1.29 is 23.9 Å². The van der Waals surface area contributed by atoms with Gasteiger partial charge in [-0.2, -0.15) is 0 Å². The molecule has 0 aromatic rings. The smallest absolute Gasteiger partial charge is 0.311 e. The van der Waals surface area contributed by atoms with E-state index in [1.54, 1.807) is 0 Å². The Balaban J connectivity index is 1.91. The molecular formula is C21H30O5. The summed E-state index contributed by atoms with van der Waals surface area (Å²) in [6.45, 7) is 4.23. The van der Waals surface area contributed by atoms with E-state index in [1.165, 1.54) is 14.2 Å².